The predicted octanol–water partition coefficient (Wildman–Crippen LogP) is 4.34. The molecule has 2 rings (SSSR count). The minimum absolute atomic E-state index is 0.272. The molecule has 1 N–H and O–H groups in total. The molecule has 138 valence electrons. The van der Waals surface area contributed by atoms with Gasteiger partial charge in [-0.25, -0.2) is 0 Å². The fourth-order valence-corrected chi connectivity index (χ4v) is 3.04. The Balaban J connectivity index is 1.97. The lowest BCUT2D eigenvalue weighted by Crippen LogP contribution is -2.49. The molecule has 0 aliphatic rings. The van der Waals surface area contributed by atoms with Crippen LogP contribution in [0.3, 0.4) is 0 Å². The molecular weight excluding hydrogens is 371 g/mol. The van der Waals surface area contributed by atoms with Crippen LogP contribution in [0, 0.1) is 5.41 Å². The van der Waals surface area contributed by atoms with Crippen molar-refractivity contribution in [2.24, 2.45) is 5.41 Å². The largest absolute Gasteiger partial charge is 0.355 e. The molecule has 0 bridgehead atoms. The summed E-state index contributed by atoms with van der Waals surface area (Å²) in [5.41, 5.74) is 0.446. The van der Waals surface area contributed by atoms with Crippen molar-refractivity contribution in [2.45, 2.75) is 20.3 Å². The lowest BCUT2D eigenvalue weighted by molar-refractivity contribution is -0.139. The van der Waals surface area contributed by atoms with E-state index >= 15 is 0 Å². The van der Waals surface area contributed by atoms with Crippen LogP contribution in [0.2, 0.25) is 10.0 Å². The van der Waals surface area contributed by atoms with Crippen LogP contribution >= 0.6 is 23.2 Å². The standard InChI is InChI=1S/C20H22Cl2N2O2/c1-20(2,19(26)24(3)16-7-5-4-6-8-16)18(25)23-12-11-14-9-10-15(21)13-17(14)22/h4-10,13H,11-12H2,1-3H3,(H,23,25). The second kappa shape index (κ2) is 8.56. The summed E-state index contributed by atoms with van der Waals surface area (Å²) in [6.45, 7) is 3.63. The molecule has 4 nitrogen and oxygen atoms in total. The third-order valence-corrected chi connectivity index (χ3v) is 4.83. The van der Waals surface area contributed by atoms with Crippen molar-refractivity contribution in [2.75, 3.05) is 18.5 Å². The molecule has 2 amide bonds. The molecule has 0 aromatic heterocycles. The van der Waals surface area contributed by atoms with Crippen LogP contribution in [0.5, 0.6) is 0 Å². The number of benzene rings is 2. The highest BCUT2D eigenvalue weighted by Gasteiger charge is 2.38. The number of anilines is 1. The topological polar surface area (TPSA) is 49.4 Å². The molecule has 2 aromatic carbocycles. The van der Waals surface area contributed by atoms with Gasteiger partial charge in [0, 0.05) is 29.3 Å². The van der Waals surface area contributed by atoms with Gasteiger partial charge in [0.25, 0.3) is 0 Å². The number of carbonyl (C=O) groups is 2. The number of nitrogens with one attached hydrogen (secondary N) is 1. The summed E-state index contributed by atoms with van der Waals surface area (Å²) < 4.78 is 0. The lowest BCUT2D eigenvalue weighted by Gasteiger charge is -2.28. The summed E-state index contributed by atoms with van der Waals surface area (Å²) in [5.74, 6) is -0.596. The summed E-state index contributed by atoms with van der Waals surface area (Å²) in [5, 5.41) is 3.95. The van der Waals surface area contributed by atoms with E-state index in [1.165, 1.54) is 4.90 Å². The van der Waals surface area contributed by atoms with Gasteiger partial charge >= 0.3 is 0 Å². The Morgan fingerprint density at radius 2 is 1.73 bits per heavy atom. The second-order valence-corrected chi connectivity index (χ2v) is 7.41. The number of para-hydroxylation sites is 1. The number of rotatable bonds is 6. The molecule has 0 atom stereocenters. The van der Waals surface area contributed by atoms with Crippen molar-refractivity contribution in [3.05, 3.63) is 64.1 Å². The van der Waals surface area contributed by atoms with Gasteiger partial charge in [0.15, 0.2) is 0 Å². The van der Waals surface area contributed by atoms with Gasteiger partial charge in [-0.05, 0) is 50.1 Å². The molecule has 0 radical (unpaired) electrons. The molecule has 0 aliphatic heterocycles. The Morgan fingerprint density at radius 3 is 2.35 bits per heavy atom. The lowest BCUT2D eigenvalue weighted by atomic mass is 9.90. The van der Waals surface area contributed by atoms with Gasteiger partial charge in [-0.2, -0.15) is 0 Å². The van der Waals surface area contributed by atoms with E-state index in [0.29, 0.717) is 23.0 Å². The number of nitrogens with zero attached hydrogens (tertiary/aromatic N) is 1. The highest BCUT2D eigenvalue weighted by molar-refractivity contribution is 6.35. The summed E-state index contributed by atoms with van der Waals surface area (Å²) in [4.78, 5) is 26.8. The molecule has 0 unspecified atom stereocenters. The zero-order valence-corrected chi connectivity index (χ0v) is 16.6. The van der Waals surface area contributed by atoms with Crippen molar-refractivity contribution >= 4 is 40.7 Å². The quantitative estimate of drug-likeness (QED) is 0.743. The van der Waals surface area contributed by atoms with Crippen LogP contribution in [0.1, 0.15) is 19.4 Å². The monoisotopic (exact) mass is 392 g/mol. The predicted molar refractivity (Wildman–Crippen MR) is 107 cm³/mol. The van der Waals surface area contributed by atoms with Gasteiger partial charge in [-0.15, -0.1) is 0 Å². The van der Waals surface area contributed by atoms with E-state index in [1.807, 2.05) is 36.4 Å². The average molecular weight is 393 g/mol. The van der Waals surface area contributed by atoms with E-state index in [2.05, 4.69) is 5.32 Å². The molecule has 2 aromatic rings. The normalized spacial score (nSPS) is 11.1. The average Bonchev–Trinajstić information content (AvgIpc) is 2.62. The van der Waals surface area contributed by atoms with Crippen LogP contribution in [-0.4, -0.2) is 25.4 Å². The van der Waals surface area contributed by atoms with Gasteiger partial charge < -0.3 is 10.2 Å². The van der Waals surface area contributed by atoms with E-state index in [-0.39, 0.29) is 11.8 Å². The van der Waals surface area contributed by atoms with Crippen LogP contribution in [0.4, 0.5) is 5.69 Å². The minimum Gasteiger partial charge on any atom is -0.355 e. The molecule has 0 saturated carbocycles. The van der Waals surface area contributed by atoms with Crippen LogP contribution in [0.15, 0.2) is 48.5 Å². The Morgan fingerprint density at radius 1 is 1.08 bits per heavy atom. The molecule has 26 heavy (non-hydrogen) atoms. The first-order valence-corrected chi connectivity index (χ1v) is 9.04. The van der Waals surface area contributed by atoms with E-state index in [9.17, 15) is 9.59 Å². The summed E-state index contributed by atoms with van der Waals surface area (Å²) in [7, 11) is 1.67. The molecule has 0 aliphatic carbocycles. The van der Waals surface area contributed by atoms with Crippen molar-refractivity contribution in [3.63, 3.8) is 0 Å². The minimum atomic E-state index is -1.19. The fraction of sp³-hybridized carbons (Fsp3) is 0.300. The second-order valence-electron chi connectivity index (χ2n) is 6.57. The molecule has 0 heterocycles. The molecule has 0 spiro atoms. The van der Waals surface area contributed by atoms with Gasteiger partial charge in [0.1, 0.15) is 5.41 Å². The number of hydrogen-bond acceptors (Lipinski definition) is 2. The van der Waals surface area contributed by atoms with E-state index < -0.39 is 5.41 Å². The van der Waals surface area contributed by atoms with Crippen molar-refractivity contribution in [1.29, 1.82) is 0 Å². The maximum Gasteiger partial charge on any atom is 0.241 e. The van der Waals surface area contributed by atoms with Gasteiger partial charge in [-0.3, -0.25) is 9.59 Å². The Bertz CT molecular complexity index is 792. The molecular formula is C20H22Cl2N2O2. The number of hydrogen-bond donors (Lipinski definition) is 1. The Kier molecular flexibility index (Phi) is 6.68. The first-order valence-electron chi connectivity index (χ1n) is 8.29. The first kappa shape index (κ1) is 20.3. The van der Waals surface area contributed by atoms with Gasteiger partial charge in [0.05, 0.1) is 0 Å². The highest BCUT2D eigenvalue weighted by Crippen LogP contribution is 2.24. The summed E-state index contributed by atoms with van der Waals surface area (Å²) in [6.07, 6.45) is 0.556. The number of halogens is 2. The molecule has 0 fully saturated rings. The molecule has 0 saturated heterocycles. The maximum absolute atomic E-state index is 12.8. The SMILES string of the molecule is CN(C(=O)C(C)(C)C(=O)NCCc1ccc(Cl)cc1Cl)c1ccccc1. The van der Waals surface area contributed by atoms with E-state index in [1.54, 1.807) is 33.0 Å². The third-order valence-electron chi connectivity index (χ3n) is 4.25. The maximum atomic E-state index is 12.8. The number of amides is 2. The van der Waals surface area contributed by atoms with Crippen molar-refractivity contribution < 1.29 is 9.59 Å². The highest BCUT2D eigenvalue weighted by atomic mass is 35.5. The smallest absolute Gasteiger partial charge is 0.241 e. The Labute approximate surface area is 164 Å². The first-order chi connectivity index (χ1) is 12.2. The van der Waals surface area contributed by atoms with Gasteiger partial charge in [-0.1, -0.05) is 47.5 Å². The van der Waals surface area contributed by atoms with Crippen molar-refractivity contribution in [1.82, 2.24) is 5.32 Å². The fourth-order valence-electron chi connectivity index (χ4n) is 2.54. The summed E-state index contributed by atoms with van der Waals surface area (Å²) >= 11 is 12.0. The van der Waals surface area contributed by atoms with E-state index in [0.717, 1.165) is 11.3 Å². The number of carbonyl (C=O) groups excluding carboxylic acids is 2. The third kappa shape index (κ3) is 4.77. The van der Waals surface area contributed by atoms with Crippen molar-refractivity contribution in [3.8, 4) is 0 Å². The van der Waals surface area contributed by atoms with E-state index in [4.69, 9.17) is 23.2 Å². The Hall–Kier alpha value is -2.04. The van der Waals surface area contributed by atoms with Crippen LogP contribution in [-0.2, 0) is 16.0 Å². The molecule has 6 heteroatoms. The zero-order valence-electron chi connectivity index (χ0n) is 15.1. The zero-order chi connectivity index (χ0) is 19.3. The van der Waals surface area contributed by atoms with Crippen LogP contribution in [0.25, 0.3) is 0 Å². The van der Waals surface area contributed by atoms with Gasteiger partial charge in [0.2, 0.25) is 11.8 Å². The van der Waals surface area contributed by atoms with Crippen LogP contribution < -0.4 is 10.2 Å². The summed E-state index contributed by atoms with van der Waals surface area (Å²) in [6, 6.07) is 14.5.